The van der Waals surface area contributed by atoms with Crippen molar-refractivity contribution in [1.82, 2.24) is 4.98 Å². The number of sulfonamides is 1. The Morgan fingerprint density at radius 1 is 1.19 bits per heavy atom. The summed E-state index contributed by atoms with van der Waals surface area (Å²) in [4.78, 5) is 4.26. The van der Waals surface area contributed by atoms with Crippen LogP contribution in [0, 0.1) is 11.7 Å². The van der Waals surface area contributed by atoms with Crippen molar-refractivity contribution in [3.63, 3.8) is 0 Å². The van der Waals surface area contributed by atoms with Crippen molar-refractivity contribution in [3.8, 4) is 0 Å². The van der Waals surface area contributed by atoms with Gasteiger partial charge in [-0.15, -0.1) is 0 Å². The predicted molar refractivity (Wildman–Crippen MR) is 104 cm³/mol. The van der Waals surface area contributed by atoms with E-state index in [2.05, 4.69) is 4.98 Å². The number of hydrogen-bond acceptors (Lipinski definition) is 4. The molecule has 27 heavy (non-hydrogen) atoms. The van der Waals surface area contributed by atoms with Gasteiger partial charge in [0.1, 0.15) is 10.7 Å². The molecular weight excluding hydrogens is 365 g/mol. The molecule has 5 nitrogen and oxygen atoms in total. The highest BCUT2D eigenvalue weighted by Crippen LogP contribution is 2.35. The number of hydrogen-bond donors (Lipinski definition) is 1. The SMILES string of the molecule is NCCC1Cc2ccccc2N(S(=O)(=O)c2cnc3ccc(F)cc3c2)C1. The van der Waals surface area contributed by atoms with Crippen LogP contribution in [0.3, 0.4) is 0 Å². The summed E-state index contributed by atoms with van der Waals surface area (Å²) < 4.78 is 41.8. The summed E-state index contributed by atoms with van der Waals surface area (Å²) in [7, 11) is -3.82. The standard InChI is InChI=1S/C20H20FN3O2S/c21-17-5-6-19-16(10-17)11-18(12-23-19)27(25,26)24-13-14(7-8-22)9-15-3-1-2-4-20(15)24/h1-6,10-12,14H,7-9,13,22H2. The molecule has 0 saturated heterocycles. The third-order valence-corrected chi connectivity index (χ3v) is 6.72. The first kappa shape index (κ1) is 17.9. The fourth-order valence-electron chi connectivity index (χ4n) is 3.64. The number of para-hydroxylation sites is 1. The van der Waals surface area contributed by atoms with Crippen molar-refractivity contribution in [2.24, 2.45) is 11.7 Å². The fraction of sp³-hybridized carbons (Fsp3) is 0.250. The van der Waals surface area contributed by atoms with Crippen molar-refractivity contribution in [1.29, 1.82) is 0 Å². The number of pyridine rings is 1. The van der Waals surface area contributed by atoms with Crippen LogP contribution >= 0.6 is 0 Å². The molecule has 140 valence electrons. The zero-order valence-electron chi connectivity index (χ0n) is 14.7. The molecule has 7 heteroatoms. The number of nitrogens with zero attached hydrogens (tertiary/aromatic N) is 2. The molecule has 2 aromatic carbocycles. The van der Waals surface area contributed by atoms with Crippen molar-refractivity contribution < 1.29 is 12.8 Å². The second kappa shape index (κ2) is 6.90. The van der Waals surface area contributed by atoms with Crippen molar-refractivity contribution in [3.05, 3.63) is 66.1 Å². The van der Waals surface area contributed by atoms with Gasteiger partial charge in [-0.25, -0.2) is 12.8 Å². The zero-order chi connectivity index (χ0) is 19.0. The number of benzene rings is 2. The summed E-state index contributed by atoms with van der Waals surface area (Å²) in [5.74, 6) is -0.268. The van der Waals surface area contributed by atoms with Crippen LogP contribution < -0.4 is 10.0 Å². The lowest BCUT2D eigenvalue weighted by molar-refractivity contribution is 0.480. The highest BCUT2D eigenvalue weighted by molar-refractivity contribution is 7.92. The maximum absolute atomic E-state index is 13.6. The Balaban J connectivity index is 1.81. The van der Waals surface area contributed by atoms with Gasteiger partial charge in [0.05, 0.1) is 11.2 Å². The smallest absolute Gasteiger partial charge is 0.265 e. The highest BCUT2D eigenvalue weighted by Gasteiger charge is 2.33. The summed E-state index contributed by atoms with van der Waals surface area (Å²) in [6, 6.07) is 13.1. The summed E-state index contributed by atoms with van der Waals surface area (Å²) in [6.45, 7) is 0.884. The topological polar surface area (TPSA) is 76.3 Å². The molecule has 0 spiro atoms. The predicted octanol–water partition coefficient (Wildman–Crippen LogP) is 3.09. The molecule has 1 aliphatic heterocycles. The first-order valence-electron chi connectivity index (χ1n) is 8.85. The third kappa shape index (κ3) is 3.28. The Kier molecular flexibility index (Phi) is 4.57. The molecule has 2 N–H and O–H groups in total. The van der Waals surface area contributed by atoms with E-state index in [0.29, 0.717) is 29.7 Å². The molecule has 0 saturated carbocycles. The van der Waals surface area contributed by atoms with Crippen LogP contribution in [-0.2, 0) is 16.4 Å². The first-order chi connectivity index (χ1) is 13.0. The van der Waals surface area contributed by atoms with E-state index in [-0.39, 0.29) is 10.8 Å². The Bertz CT molecular complexity index is 1100. The monoisotopic (exact) mass is 385 g/mol. The van der Waals surface area contributed by atoms with Gasteiger partial charge in [-0.1, -0.05) is 18.2 Å². The van der Waals surface area contributed by atoms with Crippen molar-refractivity contribution >= 4 is 26.6 Å². The van der Waals surface area contributed by atoms with Crippen LogP contribution in [-0.4, -0.2) is 26.5 Å². The molecule has 3 aromatic rings. The van der Waals surface area contributed by atoms with E-state index >= 15 is 0 Å². The summed E-state index contributed by atoms with van der Waals surface area (Å²) in [6.07, 6.45) is 2.90. The molecule has 1 aromatic heterocycles. The lowest BCUT2D eigenvalue weighted by Gasteiger charge is -2.35. The largest absolute Gasteiger partial charge is 0.330 e. The van der Waals surface area contributed by atoms with Crippen molar-refractivity contribution in [2.75, 3.05) is 17.4 Å². The van der Waals surface area contributed by atoms with Gasteiger partial charge in [0.25, 0.3) is 10.0 Å². The van der Waals surface area contributed by atoms with E-state index in [1.54, 1.807) is 0 Å². The van der Waals surface area contributed by atoms with Crippen molar-refractivity contribution in [2.45, 2.75) is 17.7 Å². The van der Waals surface area contributed by atoms with E-state index in [0.717, 1.165) is 18.4 Å². The Morgan fingerprint density at radius 2 is 2.00 bits per heavy atom. The Hall–Kier alpha value is -2.51. The maximum atomic E-state index is 13.6. The normalized spacial score (nSPS) is 17.1. The van der Waals surface area contributed by atoms with Gasteiger partial charge >= 0.3 is 0 Å². The van der Waals surface area contributed by atoms with Gasteiger partial charge in [0.2, 0.25) is 0 Å². The quantitative estimate of drug-likeness (QED) is 0.749. The molecular formula is C20H20FN3O2S. The fourth-order valence-corrected chi connectivity index (χ4v) is 5.20. The number of anilines is 1. The van der Waals surface area contributed by atoms with Gasteiger partial charge in [0, 0.05) is 18.1 Å². The van der Waals surface area contributed by atoms with E-state index in [1.807, 2.05) is 24.3 Å². The lowest BCUT2D eigenvalue weighted by Crippen LogP contribution is -2.40. The molecule has 2 heterocycles. The molecule has 4 rings (SSSR count). The van der Waals surface area contributed by atoms with Crippen LogP contribution in [0.1, 0.15) is 12.0 Å². The molecule has 0 radical (unpaired) electrons. The molecule has 0 amide bonds. The number of aromatic nitrogens is 1. The first-order valence-corrected chi connectivity index (χ1v) is 10.3. The lowest BCUT2D eigenvalue weighted by atomic mass is 9.91. The van der Waals surface area contributed by atoms with Gasteiger partial charge in [-0.2, -0.15) is 0 Å². The zero-order valence-corrected chi connectivity index (χ0v) is 15.5. The van der Waals surface area contributed by atoms with E-state index < -0.39 is 15.8 Å². The minimum absolute atomic E-state index is 0.0591. The summed E-state index contributed by atoms with van der Waals surface area (Å²) in [5.41, 5.74) is 7.94. The number of nitrogens with two attached hydrogens (primary N) is 1. The minimum atomic E-state index is -3.82. The minimum Gasteiger partial charge on any atom is -0.330 e. The van der Waals surface area contributed by atoms with Crippen LogP contribution in [0.5, 0.6) is 0 Å². The van der Waals surface area contributed by atoms with E-state index in [4.69, 9.17) is 5.73 Å². The average Bonchev–Trinajstić information content (AvgIpc) is 2.67. The van der Waals surface area contributed by atoms with Gasteiger partial charge in [-0.05, 0) is 61.2 Å². The van der Waals surface area contributed by atoms with Crippen LogP contribution in [0.2, 0.25) is 0 Å². The van der Waals surface area contributed by atoms with E-state index in [9.17, 15) is 12.8 Å². The van der Waals surface area contributed by atoms with Gasteiger partial charge in [0.15, 0.2) is 0 Å². The third-order valence-electron chi connectivity index (χ3n) is 4.97. The maximum Gasteiger partial charge on any atom is 0.265 e. The summed E-state index contributed by atoms with van der Waals surface area (Å²) >= 11 is 0. The van der Waals surface area contributed by atoms with Crippen LogP contribution in [0.15, 0.2) is 59.6 Å². The molecule has 1 unspecified atom stereocenters. The van der Waals surface area contributed by atoms with Gasteiger partial charge < -0.3 is 5.73 Å². The molecule has 0 fully saturated rings. The van der Waals surface area contributed by atoms with Crippen LogP contribution in [0.4, 0.5) is 10.1 Å². The number of halogens is 1. The highest BCUT2D eigenvalue weighted by atomic mass is 32.2. The van der Waals surface area contributed by atoms with E-state index in [1.165, 1.54) is 34.8 Å². The summed E-state index contributed by atoms with van der Waals surface area (Å²) in [5, 5.41) is 0.458. The second-order valence-electron chi connectivity index (χ2n) is 6.82. The van der Waals surface area contributed by atoms with Crippen LogP contribution in [0.25, 0.3) is 10.9 Å². The average molecular weight is 385 g/mol. The Labute approximate surface area is 157 Å². The van der Waals surface area contributed by atoms with Gasteiger partial charge in [-0.3, -0.25) is 9.29 Å². The Morgan fingerprint density at radius 3 is 2.81 bits per heavy atom. The molecule has 0 bridgehead atoms. The number of rotatable bonds is 4. The molecule has 1 atom stereocenters. The molecule has 1 aliphatic rings. The molecule has 0 aliphatic carbocycles. The second-order valence-corrected chi connectivity index (χ2v) is 8.68. The number of fused-ring (bicyclic) bond motifs is 2.